The molecule has 0 spiro atoms. The van der Waals surface area contributed by atoms with Crippen molar-refractivity contribution in [2.75, 3.05) is 27.3 Å². The van der Waals surface area contributed by atoms with Gasteiger partial charge in [0, 0.05) is 20.3 Å². The van der Waals surface area contributed by atoms with E-state index in [2.05, 4.69) is 19.3 Å². The molecule has 1 saturated carbocycles. The minimum absolute atomic E-state index is 0.588. The van der Waals surface area contributed by atoms with Gasteiger partial charge < -0.3 is 10.1 Å². The Bertz CT molecular complexity index is 209. The molecule has 0 aromatic rings. The van der Waals surface area contributed by atoms with E-state index in [0.29, 0.717) is 5.41 Å². The van der Waals surface area contributed by atoms with Crippen LogP contribution in [0.25, 0.3) is 0 Å². The highest BCUT2D eigenvalue weighted by molar-refractivity contribution is 4.87. The molecule has 1 aliphatic rings. The van der Waals surface area contributed by atoms with E-state index in [0.717, 1.165) is 12.5 Å². The van der Waals surface area contributed by atoms with Gasteiger partial charge in [-0.2, -0.15) is 0 Å². The van der Waals surface area contributed by atoms with E-state index >= 15 is 0 Å². The van der Waals surface area contributed by atoms with Crippen LogP contribution in [0, 0.1) is 11.3 Å². The van der Waals surface area contributed by atoms with Crippen LogP contribution in [0.1, 0.15) is 71.1 Å². The molecule has 1 rings (SSSR count). The van der Waals surface area contributed by atoms with E-state index in [1.54, 1.807) is 0 Å². The van der Waals surface area contributed by atoms with Crippen LogP contribution in [0.15, 0.2) is 0 Å². The van der Waals surface area contributed by atoms with Crippen molar-refractivity contribution in [3.8, 4) is 0 Å². The molecule has 0 aromatic heterocycles. The van der Waals surface area contributed by atoms with E-state index in [9.17, 15) is 0 Å². The van der Waals surface area contributed by atoms with Gasteiger partial charge in [0.05, 0.1) is 0 Å². The number of ether oxygens (including phenoxy) is 1. The Hall–Kier alpha value is -0.0800. The molecule has 1 aliphatic carbocycles. The molecule has 19 heavy (non-hydrogen) atoms. The van der Waals surface area contributed by atoms with Crippen LogP contribution in [-0.4, -0.2) is 27.3 Å². The average molecular weight is 269 g/mol. The van der Waals surface area contributed by atoms with E-state index in [1.165, 1.54) is 70.8 Å². The smallest absolute Gasteiger partial charge is 0.0462 e. The second-order valence-corrected chi connectivity index (χ2v) is 6.57. The third-order valence-corrected chi connectivity index (χ3v) is 4.99. The highest BCUT2D eigenvalue weighted by atomic mass is 16.5. The van der Waals surface area contributed by atoms with Crippen LogP contribution in [0.4, 0.5) is 0 Å². The summed E-state index contributed by atoms with van der Waals surface area (Å²) in [7, 11) is 3.92. The Labute approximate surface area is 120 Å². The third-order valence-electron chi connectivity index (χ3n) is 4.99. The van der Waals surface area contributed by atoms with Gasteiger partial charge in [-0.25, -0.2) is 0 Å². The van der Waals surface area contributed by atoms with Crippen molar-refractivity contribution >= 4 is 0 Å². The molecular weight excluding hydrogens is 234 g/mol. The summed E-state index contributed by atoms with van der Waals surface area (Å²) in [5, 5.41) is 3.45. The Kier molecular flexibility index (Phi) is 8.72. The van der Waals surface area contributed by atoms with Crippen LogP contribution in [0.3, 0.4) is 0 Å². The Morgan fingerprint density at radius 3 is 2.47 bits per heavy atom. The van der Waals surface area contributed by atoms with Crippen molar-refractivity contribution < 1.29 is 4.74 Å². The van der Waals surface area contributed by atoms with Crippen molar-refractivity contribution in [2.24, 2.45) is 11.3 Å². The fraction of sp³-hybridized carbons (Fsp3) is 1.00. The fourth-order valence-electron chi connectivity index (χ4n) is 3.71. The first-order valence-electron chi connectivity index (χ1n) is 8.40. The molecule has 114 valence electrons. The van der Waals surface area contributed by atoms with Gasteiger partial charge >= 0.3 is 0 Å². The maximum absolute atomic E-state index is 5.17. The maximum Gasteiger partial charge on any atom is 0.0462 e. The normalized spacial score (nSPS) is 27.6. The summed E-state index contributed by atoms with van der Waals surface area (Å²) in [6.07, 6.45) is 14.0. The summed E-state index contributed by atoms with van der Waals surface area (Å²) in [4.78, 5) is 0. The molecule has 0 heterocycles. The SMILES string of the molecule is CCCCC1CCC(CCCCOC)(CNC)CC1. The highest BCUT2D eigenvalue weighted by Crippen LogP contribution is 2.43. The second kappa shape index (κ2) is 9.77. The zero-order chi connectivity index (χ0) is 14.0. The standard InChI is InChI=1S/C17H35NO/c1-4-5-8-16-9-12-17(13-10-16,15-18-2)11-6-7-14-19-3/h16,18H,4-15H2,1-3H3. The van der Waals surface area contributed by atoms with Gasteiger partial charge in [-0.15, -0.1) is 0 Å². The lowest BCUT2D eigenvalue weighted by Gasteiger charge is -2.40. The predicted octanol–water partition coefficient (Wildman–Crippen LogP) is 4.39. The Balaban J connectivity index is 2.33. The molecule has 1 N–H and O–H groups in total. The number of methoxy groups -OCH3 is 1. The van der Waals surface area contributed by atoms with Gasteiger partial charge in [-0.05, 0) is 56.9 Å². The number of hydrogen-bond acceptors (Lipinski definition) is 2. The van der Waals surface area contributed by atoms with E-state index in [-0.39, 0.29) is 0 Å². The van der Waals surface area contributed by atoms with Gasteiger partial charge in [0.25, 0.3) is 0 Å². The molecule has 2 nitrogen and oxygen atoms in total. The second-order valence-electron chi connectivity index (χ2n) is 6.57. The first-order chi connectivity index (χ1) is 9.26. The summed E-state index contributed by atoms with van der Waals surface area (Å²) < 4.78 is 5.17. The molecular formula is C17H35NO. The van der Waals surface area contributed by atoms with E-state index in [4.69, 9.17) is 4.74 Å². The first kappa shape index (κ1) is 17.0. The van der Waals surface area contributed by atoms with E-state index in [1.807, 2.05) is 7.11 Å². The number of hydrogen-bond donors (Lipinski definition) is 1. The van der Waals surface area contributed by atoms with Crippen molar-refractivity contribution in [2.45, 2.75) is 71.1 Å². The number of unbranched alkanes of at least 4 members (excludes halogenated alkanes) is 2. The number of nitrogens with one attached hydrogen (secondary N) is 1. The van der Waals surface area contributed by atoms with Crippen molar-refractivity contribution in [3.63, 3.8) is 0 Å². The van der Waals surface area contributed by atoms with Crippen LogP contribution in [0.2, 0.25) is 0 Å². The quantitative estimate of drug-likeness (QED) is 0.594. The highest BCUT2D eigenvalue weighted by Gasteiger charge is 2.33. The lowest BCUT2D eigenvalue weighted by Crippen LogP contribution is -2.36. The fourth-order valence-corrected chi connectivity index (χ4v) is 3.71. The van der Waals surface area contributed by atoms with Gasteiger partial charge in [-0.3, -0.25) is 0 Å². The monoisotopic (exact) mass is 269 g/mol. The molecule has 2 heteroatoms. The third kappa shape index (κ3) is 6.27. The average Bonchev–Trinajstić information content (AvgIpc) is 2.44. The largest absolute Gasteiger partial charge is 0.385 e. The molecule has 0 amide bonds. The molecule has 0 aliphatic heterocycles. The Morgan fingerprint density at radius 2 is 1.89 bits per heavy atom. The van der Waals surface area contributed by atoms with Crippen molar-refractivity contribution in [3.05, 3.63) is 0 Å². The lowest BCUT2D eigenvalue weighted by atomic mass is 9.67. The van der Waals surface area contributed by atoms with Gasteiger partial charge in [0.15, 0.2) is 0 Å². The predicted molar refractivity (Wildman–Crippen MR) is 83.6 cm³/mol. The minimum atomic E-state index is 0.588. The topological polar surface area (TPSA) is 21.3 Å². The summed E-state index contributed by atoms with van der Waals surface area (Å²) >= 11 is 0. The number of rotatable bonds is 10. The summed E-state index contributed by atoms with van der Waals surface area (Å²) in [6.45, 7) is 4.44. The van der Waals surface area contributed by atoms with Crippen LogP contribution in [0.5, 0.6) is 0 Å². The van der Waals surface area contributed by atoms with Crippen molar-refractivity contribution in [1.29, 1.82) is 0 Å². The molecule has 0 bridgehead atoms. The van der Waals surface area contributed by atoms with Crippen LogP contribution < -0.4 is 5.32 Å². The summed E-state index contributed by atoms with van der Waals surface area (Å²) in [5.74, 6) is 1.02. The van der Waals surface area contributed by atoms with Crippen LogP contribution in [-0.2, 0) is 4.74 Å². The molecule has 1 fully saturated rings. The van der Waals surface area contributed by atoms with Crippen LogP contribution >= 0.6 is 0 Å². The van der Waals surface area contributed by atoms with Gasteiger partial charge in [-0.1, -0.05) is 32.6 Å². The molecule has 0 unspecified atom stereocenters. The maximum atomic E-state index is 5.17. The molecule has 0 saturated heterocycles. The van der Waals surface area contributed by atoms with Gasteiger partial charge in [0.2, 0.25) is 0 Å². The lowest BCUT2D eigenvalue weighted by molar-refractivity contribution is 0.120. The minimum Gasteiger partial charge on any atom is -0.385 e. The van der Waals surface area contributed by atoms with Gasteiger partial charge in [0.1, 0.15) is 0 Å². The van der Waals surface area contributed by atoms with Crippen molar-refractivity contribution in [1.82, 2.24) is 5.32 Å². The zero-order valence-corrected chi connectivity index (χ0v) is 13.5. The molecule has 0 atom stereocenters. The molecule has 0 aromatic carbocycles. The molecule has 0 radical (unpaired) electrons. The zero-order valence-electron chi connectivity index (χ0n) is 13.5. The summed E-state index contributed by atoms with van der Waals surface area (Å²) in [5.41, 5.74) is 0.588. The van der Waals surface area contributed by atoms with E-state index < -0.39 is 0 Å². The summed E-state index contributed by atoms with van der Waals surface area (Å²) in [6, 6.07) is 0. The Morgan fingerprint density at radius 1 is 1.16 bits per heavy atom. The first-order valence-corrected chi connectivity index (χ1v) is 8.40.